The number of likely N-dealkylation sites (N-methyl/N-ethyl adjacent to an activating group) is 1. The summed E-state index contributed by atoms with van der Waals surface area (Å²) in [4.78, 5) is 39.7. The second-order valence-electron chi connectivity index (χ2n) is 7.68. The summed E-state index contributed by atoms with van der Waals surface area (Å²) in [6, 6.07) is 12.9. The van der Waals surface area contributed by atoms with Crippen molar-refractivity contribution in [1.82, 2.24) is 14.5 Å². The molecule has 3 amide bonds. The Bertz CT molecular complexity index is 1150. The highest BCUT2D eigenvalue weighted by molar-refractivity contribution is 7.90. The molecule has 1 N–H and O–H groups in total. The van der Waals surface area contributed by atoms with Crippen LogP contribution in [0, 0.1) is 6.92 Å². The van der Waals surface area contributed by atoms with Gasteiger partial charge in [0.25, 0.3) is 15.9 Å². The number of fused-ring (bicyclic) bond motifs is 1. The molecule has 2 aromatic carbocycles. The van der Waals surface area contributed by atoms with E-state index in [2.05, 4.69) is 5.32 Å². The summed E-state index contributed by atoms with van der Waals surface area (Å²) in [7, 11) is -2.49. The highest BCUT2D eigenvalue weighted by Gasteiger charge is 2.41. The third-order valence-electron chi connectivity index (χ3n) is 5.51. The minimum atomic E-state index is -3.99. The van der Waals surface area contributed by atoms with E-state index in [1.54, 1.807) is 12.1 Å². The number of nitrogens with zero attached hydrogens (tertiary/aromatic N) is 2. The summed E-state index contributed by atoms with van der Waals surface area (Å²) in [6.07, 6.45) is 0.169. The Labute approximate surface area is 188 Å². The van der Waals surface area contributed by atoms with E-state index in [4.69, 9.17) is 0 Å². The Morgan fingerprint density at radius 1 is 1.12 bits per heavy atom. The van der Waals surface area contributed by atoms with E-state index in [-0.39, 0.29) is 35.9 Å². The number of aryl methyl sites for hydroxylation is 1. The zero-order valence-corrected chi connectivity index (χ0v) is 19.2. The van der Waals surface area contributed by atoms with Gasteiger partial charge in [0, 0.05) is 26.6 Å². The predicted octanol–water partition coefficient (Wildman–Crippen LogP) is 2.08. The molecule has 32 heavy (non-hydrogen) atoms. The molecular formula is C23H27N3O5S. The molecule has 0 spiro atoms. The Morgan fingerprint density at radius 3 is 2.47 bits per heavy atom. The molecule has 3 rings (SSSR count). The van der Waals surface area contributed by atoms with Gasteiger partial charge in [0.2, 0.25) is 11.8 Å². The van der Waals surface area contributed by atoms with Crippen molar-refractivity contribution in [2.24, 2.45) is 0 Å². The van der Waals surface area contributed by atoms with Crippen LogP contribution in [0.25, 0.3) is 0 Å². The van der Waals surface area contributed by atoms with Gasteiger partial charge < -0.3 is 10.2 Å². The van der Waals surface area contributed by atoms with Crippen molar-refractivity contribution in [1.29, 1.82) is 0 Å². The number of hydrogen-bond donors (Lipinski definition) is 1. The summed E-state index contributed by atoms with van der Waals surface area (Å²) in [5, 5.41) is 2.58. The molecule has 0 fully saturated rings. The second-order valence-corrected chi connectivity index (χ2v) is 9.51. The van der Waals surface area contributed by atoms with Crippen LogP contribution in [0.2, 0.25) is 0 Å². The van der Waals surface area contributed by atoms with Crippen LogP contribution in [0.15, 0.2) is 53.4 Å². The Kier molecular flexibility index (Phi) is 6.98. The van der Waals surface area contributed by atoms with Gasteiger partial charge in [-0.1, -0.05) is 48.9 Å². The number of nitrogens with one attached hydrogen (secondary N) is 1. The molecule has 0 saturated heterocycles. The Hall–Kier alpha value is -3.20. The minimum Gasteiger partial charge on any atom is -0.357 e. The lowest BCUT2D eigenvalue weighted by Crippen LogP contribution is -2.49. The lowest BCUT2D eigenvalue weighted by atomic mass is 10.1. The standard InChI is InChI=1S/C23H27N3O5S/c1-4-19(22(28)24-3)25(15-17-9-7-8-16(2)14-17)21(27)12-13-26-23(29)18-10-5-6-11-20(18)32(26,30)31/h5-11,14,19H,4,12-13,15H2,1-3H3,(H,24,28). The molecule has 170 valence electrons. The predicted molar refractivity (Wildman–Crippen MR) is 119 cm³/mol. The van der Waals surface area contributed by atoms with Gasteiger partial charge in [-0.2, -0.15) is 0 Å². The van der Waals surface area contributed by atoms with Gasteiger partial charge in [-0.25, -0.2) is 12.7 Å². The largest absolute Gasteiger partial charge is 0.357 e. The second kappa shape index (κ2) is 9.52. The summed E-state index contributed by atoms with van der Waals surface area (Å²) in [6.45, 7) is 3.66. The Morgan fingerprint density at radius 2 is 1.84 bits per heavy atom. The van der Waals surface area contributed by atoms with Crippen molar-refractivity contribution >= 4 is 27.7 Å². The Balaban J connectivity index is 1.82. The van der Waals surface area contributed by atoms with E-state index in [9.17, 15) is 22.8 Å². The van der Waals surface area contributed by atoms with E-state index in [0.29, 0.717) is 6.42 Å². The van der Waals surface area contributed by atoms with Crippen LogP contribution in [-0.2, 0) is 26.2 Å². The first-order valence-electron chi connectivity index (χ1n) is 10.4. The number of benzene rings is 2. The van der Waals surface area contributed by atoms with E-state index in [1.165, 1.54) is 24.1 Å². The molecule has 0 aliphatic carbocycles. The van der Waals surface area contributed by atoms with Crippen LogP contribution in [0.5, 0.6) is 0 Å². The van der Waals surface area contributed by atoms with Crippen molar-refractivity contribution in [3.05, 3.63) is 65.2 Å². The van der Waals surface area contributed by atoms with Gasteiger partial charge in [-0.3, -0.25) is 14.4 Å². The van der Waals surface area contributed by atoms with E-state index < -0.39 is 27.9 Å². The van der Waals surface area contributed by atoms with Crippen LogP contribution in [0.3, 0.4) is 0 Å². The third kappa shape index (κ3) is 4.52. The monoisotopic (exact) mass is 457 g/mol. The van der Waals surface area contributed by atoms with Crippen molar-refractivity contribution in [3.8, 4) is 0 Å². The zero-order chi connectivity index (χ0) is 23.5. The van der Waals surface area contributed by atoms with E-state index in [0.717, 1.165) is 15.4 Å². The lowest BCUT2D eigenvalue weighted by Gasteiger charge is -2.31. The number of amides is 3. The van der Waals surface area contributed by atoms with Gasteiger partial charge in [-0.05, 0) is 31.0 Å². The van der Waals surface area contributed by atoms with Gasteiger partial charge >= 0.3 is 0 Å². The molecule has 8 nitrogen and oxygen atoms in total. The molecule has 0 bridgehead atoms. The highest BCUT2D eigenvalue weighted by Crippen LogP contribution is 2.30. The van der Waals surface area contributed by atoms with Gasteiger partial charge in [0.15, 0.2) is 0 Å². The smallest absolute Gasteiger partial charge is 0.269 e. The molecule has 0 saturated carbocycles. The molecule has 0 aromatic heterocycles. The number of carbonyl (C=O) groups is 3. The summed E-state index contributed by atoms with van der Waals surface area (Å²) >= 11 is 0. The van der Waals surface area contributed by atoms with Crippen LogP contribution in [0.1, 0.15) is 41.3 Å². The van der Waals surface area contributed by atoms with Crippen molar-refractivity contribution in [2.75, 3.05) is 13.6 Å². The summed E-state index contributed by atoms with van der Waals surface area (Å²) in [5.41, 5.74) is 1.99. The topological polar surface area (TPSA) is 104 Å². The number of hydrogen-bond acceptors (Lipinski definition) is 5. The lowest BCUT2D eigenvalue weighted by molar-refractivity contribution is -0.141. The van der Waals surface area contributed by atoms with Gasteiger partial charge in [0.1, 0.15) is 10.9 Å². The number of sulfonamides is 1. The van der Waals surface area contributed by atoms with Gasteiger partial charge in [-0.15, -0.1) is 0 Å². The van der Waals surface area contributed by atoms with E-state index in [1.807, 2.05) is 38.1 Å². The molecule has 9 heteroatoms. The first-order chi connectivity index (χ1) is 15.2. The van der Waals surface area contributed by atoms with Crippen molar-refractivity contribution in [3.63, 3.8) is 0 Å². The average molecular weight is 458 g/mol. The molecule has 1 atom stereocenters. The summed E-state index contributed by atoms with van der Waals surface area (Å²) < 4.78 is 26.3. The first-order valence-corrected chi connectivity index (χ1v) is 11.9. The van der Waals surface area contributed by atoms with Crippen LogP contribution < -0.4 is 5.32 Å². The fourth-order valence-electron chi connectivity index (χ4n) is 3.89. The SMILES string of the molecule is CCC(C(=O)NC)N(Cc1cccc(C)c1)C(=O)CCN1C(=O)c2ccccc2S1(=O)=O. The van der Waals surface area contributed by atoms with Crippen LogP contribution in [0.4, 0.5) is 0 Å². The maximum Gasteiger partial charge on any atom is 0.269 e. The molecule has 1 unspecified atom stereocenters. The minimum absolute atomic E-state index is 0.0501. The quantitative estimate of drug-likeness (QED) is 0.654. The molecule has 1 aliphatic rings. The molecule has 1 heterocycles. The molecule has 1 aliphatic heterocycles. The summed E-state index contributed by atoms with van der Waals surface area (Å²) in [5.74, 6) is -1.34. The maximum atomic E-state index is 13.2. The molecular weight excluding hydrogens is 430 g/mol. The van der Waals surface area contributed by atoms with E-state index >= 15 is 0 Å². The molecule has 2 aromatic rings. The fourth-order valence-corrected chi connectivity index (χ4v) is 5.46. The van der Waals surface area contributed by atoms with Crippen molar-refractivity contribution in [2.45, 2.75) is 44.2 Å². The van der Waals surface area contributed by atoms with Crippen molar-refractivity contribution < 1.29 is 22.8 Å². The highest BCUT2D eigenvalue weighted by atomic mass is 32.2. The average Bonchev–Trinajstić information content (AvgIpc) is 2.97. The number of rotatable bonds is 8. The first kappa shape index (κ1) is 23.5. The van der Waals surface area contributed by atoms with Crippen LogP contribution >= 0.6 is 0 Å². The van der Waals surface area contributed by atoms with Crippen LogP contribution in [-0.4, -0.2) is 55.0 Å². The molecule has 0 radical (unpaired) electrons. The maximum absolute atomic E-state index is 13.2. The fraction of sp³-hybridized carbons (Fsp3) is 0.348. The number of carbonyl (C=O) groups excluding carboxylic acids is 3. The zero-order valence-electron chi connectivity index (χ0n) is 18.4. The normalized spacial score (nSPS) is 15.2. The third-order valence-corrected chi connectivity index (χ3v) is 7.35. The van der Waals surface area contributed by atoms with Gasteiger partial charge in [0.05, 0.1) is 5.56 Å².